The first-order valence-corrected chi connectivity index (χ1v) is 12.4. The van der Waals surface area contributed by atoms with E-state index in [0.717, 1.165) is 0 Å². The first kappa shape index (κ1) is 27.3. The SMILES string of the molecule is CN(CC=CC(=O)Nc1cc2c(Nc3ccc(F)c(Cl)c3)c(C#N)cnc2cc1O[C@H]1CCOC1)CCO. The Morgan fingerprint density at radius 2 is 2.26 bits per heavy atom. The molecule has 1 fully saturated rings. The third-order valence-corrected chi connectivity index (χ3v) is 6.18. The van der Waals surface area contributed by atoms with Crippen LogP contribution in [0.25, 0.3) is 10.9 Å². The zero-order valence-electron chi connectivity index (χ0n) is 20.7. The molecule has 1 aromatic heterocycles. The van der Waals surface area contributed by atoms with Crippen molar-refractivity contribution in [2.45, 2.75) is 12.5 Å². The lowest BCUT2D eigenvalue weighted by Gasteiger charge is -2.18. The van der Waals surface area contributed by atoms with Crippen molar-refractivity contribution < 1.29 is 23.8 Å². The van der Waals surface area contributed by atoms with Gasteiger partial charge in [0.05, 0.1) is 47.3 Å². The molecule has 198 valence electrons. The van der Waals surface area contributed by atoms with Crippen molar-refractivity contribution in [2.75, 3.05) is 50.6 Å². The fourth-order valence-electron chi connectivity index (χ4n) is 3.91. The Hall–Kier alpha value is -3.75. The van der Waals surface area contributed by atoms with Crippen LogP contribution in [0.4, 0.5) is 21.5 Å². The van der Waals surface area contributed by atoms with Crippen molar-refractivity contribution in [3.05, 3.63) is 65.1 Å². The molecule has 0 spiro atoms. The zero-order chi connectivity index (χ0) is 27.1. The van der Waals surface area contributed by atoms with Gasteiger partial charge in [0.25, 0.3) is 0 Å². The number of nitrogens with one attached hydrogen (secondary N) is 2. The summed E-state index contributed by atoms with van der Waals surface area (Å²) in [6, 6.07) is 9.66. The van der Waals surface area contributed by atoms with Crippen molar-refractivity contribution in [3.63, 3.8) is 0 Å². The minimum Gasteiger partial charge on any atom is -0.486 e. The first-order valence-electron chi connectivity index (χ1n) is 12.0. The number of amides is 1. The summed E-state index contributed by atoms with van der Waals surface area (Å²) in [4.78, 5) is 19.0. The maximum atomic E-state index is 13.7. The van der Waals surface area contributed by atoms with Crippen molar-refractivity contribution >= 4 is 45.5 Å². The largest absolute Gasteiger partial charge is 0.486 e. The minimum absolute atomic E-state index is 0.0262. The predicted octanol–water partition coefficient (Wildman–Crippen LogP) is 4.23. The number of nitrogens with zero attached hydrogens (tertiary/aromatic N) is 3. The number of fused-ring (bicyclic) bond motifs is 1. The van der Waals surface area contributed by atoms with E-state index in [1.165, 1.54) is 30.5 Å². The summed E-state index contributed by atoms with van der Waals surface area (Å²) in [6.07, 6.45) is 5.06. The molecule has 0 radical (unpaired) electrons. The van der Waals surface area contributed by atoms with E-state index >= 15 is 0 Å². The molecule has 0 unspecified atom stereocenters. The quantitative estimate of drug-likeness (QED) is 0.327. The van der Waals surface area contributed by atoms with Crippen LogP contribution in [0, 0.1) is 17.1 Å². The maximum Gasteiger partial charge on any atom is 0.248 e. The van der Waals surface area contributed by atoms with E-state index in [1.807, 2.05) is 11.9 Å². The number of pyridine rings is 1. The number of nitriles is 1. The van der Waals surface area contributed by atoms with Gasteiger partial charge in [-0.15, -0.1) is 0 Å². The predicted molar refractivity (Wildman–Crippen MR) is 143 cm³/mol. The number of hydrogen-bond donors (Lipinski definition) is 3. The Morgan fingerprint density at radius 1 is 1.42 bits per heavy atom. The van der Waals surface area contributed by atoms with Gasteiger partial charge in [0.15, 0.2) is 0 Å². The summed E-state index contributed by atoms with van der Waals surface area (Å²) >= 11 is 5.95. The first-order chi connectivity index (χ1) is 18.4. The third kappa shape index (κ3) is 6.76. The number of aliphatic hydroxyl groups is 1. The van der Waals surface area contributed by atoms with Crippen molar-refractivity contribution in [3.8, 4) is 11.8 Å². The van der Waals surface area contributed by atoms with Crippen LogP contribution in [0.15, 0.2) is 48.7 Å². The molecule has 0 aliphatic carbocycles. The van der Waals surface area contributed by atoms with Gasteiger partial charge < -0.3 is 30.1 Å². The van der Waals surface area contributed by atoms with Gasteiger partial charge in [-0.2, -0.15) is 5.26 Å². The lowest BCUT2D eigenvalue weighted by Crippen LogP contribution is -2.22. The number of aromatic nitrogens is 1. The normalized spacial score (nSPS) is 15.2. The van der Waals surface area contributed by atoms with Crippen LogP contribution in [-0.2, 0) is 9.53 Å². The molecule has 1 saturated heterocycles. The number of aliphatic hydroxyl groups excluding tert-OH is 1. The Bertz CT molecular complexity index is 1390. The topological polar surface area (TPSA) is 120 Å². The lowest BCUT2D eigenvalue weighted by atomic mass is 10.1. The molecule has 1 aliphatic heterocycles. The van der Waals surface area contributed by atoms with E-state index < -0.39 is 5.82 Å². The van der Waals surface area contributed by atoms with Gasteiger partial charge in [-0.3, -0.25) is 9.78 Å². The molecular formula is C27H27ClFN5O4. The lowest BCUT2D eigenvalue weighted by molar-refractivity contribution is -0.111. The number of benzene rings is 2. The van der Waals surface area contributed by atoms with E-state index in [1.54, 1.807) is 18.2 Å². The zero-order valence-corrected chi connectivity index (χ0v) is 21.5. The highest BCUT2D eigenvalue weighted by molar-refractivity contribution is 6.31. The summed E-state index contributed by atoms with van der Waals surface area (Å²) in [7, 11) is 1.83. The number of halogens is 2. The molecule has 0 bridgehead atoms. The summed E-state index contributed by atoms with van der Waals surface area (Å²) in [5.74, 6) is -0.519. The molecule has 1 atom stereocenters. The van der Waals surface area contributed by atoms with Crippen LogP contribution >= 0.6 is 11.6 Å². The number of rotatable bonds is 10. The number of carbonyl (C=O) groups is 1. The van der Waals surface area contributed by atoms with Crippen molar-refractivity contribution in [1.82, 2.24) is 9.88 Å². The molecule has 2 heterocycles. The van der Waals surface area contributed by atoms with Crippen LogP contribution in [-0.4, -0.2) is 67.0 Å². The second-order valence-corrected chi connectivity index (χ2v) is 9.17. The standard InChI is InChI=1S/C27H27ClFN5O4/c1-34(8-9-35)7-2-3-26(36)33-24-12-20-23(13-25(24)38-19-6-10-37-16-19)31-15-17(14-30)27(20)32-18-4-5-22(29)21(28)11-18/h2-5,11-13,15,19,35H,6-10,16H2,1H3,(H,31,32)(H,33,36)/t19-/m0/s1. The second kappa shape index (κ2) is 12.7. The highest BCUT2D eigenvalue weighted by atomic mass is 35.5. The highest BCUT2D eigenvalue weighted by Crippen LogP contribution is 2.37. The third-order valence-electron chi connectivity index (χ3n) is 5.89. The summed E-state index contributed by atoms with van der Waals surface area (Å²) in [5.41, 5.74) is 2.06. The van der Waals surface area contributed by atoms with Crippen LogP contribution < -0.4 is 15.4 Å². The van der Waals surface area contributed by atoms with Gasteiger partial charge in [0, 0.05) is 48.9 Å². The van der Waals surface area contributed by atoms with E-state index in [2.05, 4.69) is 21.7 Å². The molecule has 2 aromatic carbocycles. The van der Waals surface area contributed by atoms with Gasteiger partial charge in [0.2, 0.25) is 5.91 Å². The highest BCUT2D eigenvalue weighted by Gasteiger charge is 2.21. The smallest absolute Gasteiger partial charge is 0.248 e. The van der Waals surface area contributed by atoms with Gasteiger partial charge in [0.1, 0.15) is 23.7 Å². The summed E-state index contributed by atoms with van der Waals surface area (Å²) in [5, 5.41) is 25.2. The molecular weight excluding hydrogens is 513 g/mol. The Kier molecular flexibility index (Phi) is 9.10. The van der Waals surface area contributed by atoms with Crippen LogP contribution in [0.1, 0.15) is 12.0 Å². The Labute approximate surface area is 224 Å². The molecule has 4 rings (SSSR count). The average Bonchev–Trinajstić information content (AvgIpc) is 3.40. The summed E-state index contributed by atoms with van der Waals surface area (Å²) in [6.45, 7) is 2.02. The van der Waals surface area contributed by atoms with E-state index in [0.29, 0.717) is 66.4 Å². The van der Waals surface area contributed by atoms with Crippen LogP contribution in [0.2, 0.25) is 5.02 Å². The van der Waals surface area contributed by atoms with E-state index in [-0.39, 0.29) is 29.2 Å². The van der Waals surface area contributed by atoms with Gasteiger partial charge in [-0.1, -0.05) is 17.7 Å². The molecule has 1 aliphatic rings. The van der Waals surface area contributed by atoms with E-state index in [4.69, 9.17) is 26.2 Å². The number of hydrogen-bond acceptors (Lipinski definition) is 8. The summed E-state index contributed by atoms with van der Waals surface area (Å²) < 4.78 is 25.3. The molecule has 3 N–H and O–H groups in total. The molecule has 38 heavy (non-hydrogen) atoms. The monoisotopic (exact) mass is 539 g/mol. The fourth-order valence-corrected chi connectivity index (χ4v) is 4.09. The Balaban J connectivity index is 1.71. The molecule has 1 amide bonds. The second-order valence-electron chi connectivity index (χ2n) is 8.76. The maximum absolute atomic E-state index is 13.7. The van der Waals surface area contributed by atoms with Crippen LogP contribution in [0.5, 0.6) is 5.75 Å². The van der Waals surface area contributed by atoms with Crippen molar-refractivity contribution in [1.29, 1.82) is 5.26 Å². The molecule has 9 nitrogen and oxygen atoms in total. The molecule has 3 aromatic rings. The number of anilines is 3. The fraction of sp³-hybridized carbons (Fsp3) is 0.296. The average molecular weight is 540 g/mol. The van der Waals surface area contributed by atoms with E-state index in [9.17, 15) is 14.4 Å². The van der Waals surface area contributed by atoms with Crippen molar-refractivity contribution in [2.24, 2.45) is 0 Å². The van der Waals surface area contributed by atoms with Gasteiger partial charge >= 0.3 is 0 Å². The van der Waals surface area contributed by atoms with Gasteiger partial charge in [-0.25, -0.2) is 4.39 Å². The van der Waals surface area contributed by atoms with Gasteiger partial charge in [-0.05, 0) is 31.3 Å². The molecule has 0 saturated carbocycles. The molecule has 11 heteroatoms. The number of carbonyl (C=O) groups excluding carboxylic acids is 1. The van der Waals surface area contributed by atoms with Crippen LogP contribution in [0.3, 0.4) is 0 Å². The number of ether oxygens (including phenoxy) is 2. The minimum atomic E-state index is -0.560. The number of likely N-dealkylation sites (N-methyl/N-ethyl adjacent to an activating group) is 1. The Morgan fingerprint density at radius 3 is 2.97 bits per heavy atom.